The van der Waals surface area contributed by atoms with Crippen molar-refractivity contribution in [2.24, 2.45) is 7.05 Å². The van der Waals surface area contributed by atoms with Gasteiger partial charge in [0.2, 0.25) is 10.0 Å². The number of benzene rings is 2. The van der Waals surface area contributed by atoms with Gasteiger partial charge in [0, 0.05) is 32.3 Å². The smallest absolute Gasteiger partial charge is 0.243 e. The van der Waals surface area contributed by atoms with Gasteiger partial charge in [0.1, 0.15) is 17.3 Å². The molecule has 1 N–H and O–H groups in total. The van der Waals surface area contributed by atoms with Crippen LogP contribution in [0.1, 0.15) is 17.0 Å². The molecular formula is C23H30N4O3S. The molecule has 0 aliphatic carbocycles. The SMILES string of the molecule is CN(C)CC(Cc1ccccc1)c1cccc(OCCNS(=O)(=O)c2cnn(C)c2)c1. The van der Waals surface area contributed by atoms with E-state index >= 15 is 0 Å². The number of ether oxygens (including phenoxy) is 1. The molecule has 0 bridgehead atoms. The predicted molar refractivity (Wildman–Crippen MR) is 122 cm³/mol. The van der Waals surface area contributed by atoms with Gasteiger partial charge in [0.15, 0.2) is 0 Å². The third-order valence-corrected chi connectivity index (χ3v) is 6.31. The second-order valence-electron chi connectivity index (χ2n) is 7.82. The first-order valence-electron chi connectivity index (χ1n) is 10.2. The predicted octanol–water partition coefficient (Wildman–Crippen LogP) is 2.67. The molecule has 1 aromatic heterocycles. The number of aryl methyl sites for hydroxylation is 1. The van der Waals surface area contributed by atoms with Crippen LogP contribution in [0, 0.1) is 0 Å². The van der Waals surface area contributed by atoms with Crippen molar-refractivity contribution >= 4 is 10.0 Å². The fraction of sp³-hybridized carbons (Fsp3) is 0.348. The van der Waals surface area contributed by atoms with E-state index in [1.165, 1.54) is 28.2 Å². The topological polar surface area (TPSA) is 76.5 Å². The minimum atomic E-state index is -3.58. The summed E-state index contributed by atoms with van der Waals surface area (Å²) in [6.07, 6.45) is 3.72. The van der Waals surface area contributed by atoms with Crippen LogP contribution in [0.2, 0.25) is 0 Å². The van der Waals surface area contributed by atoms with E-state index in [4.69, 9.17) is 4.74 Å². The summed E-state index contributed by atoms with van der Waals surface area (Å²) in [5, 5.41) is 3.90. The minimum absolute atomic E-state index is 0.143. The number of hydrogen-bond donors (Lipinski definition) is 1. The Labute approximate surface area is 184 Å². The number of nitrogens with zero attached hydrogens (tertiary/aromatic N) is 3. The van der Waals surface area contributed by atoms with Crippen molar-refractivity contribution in [3.8, 4) is 5.75 Å². The maximum absolute atomic E-state index is 12.3. The van der Waals surface area contributed by atoms with Crippen LogP contribution in [0.5, 0.6) is 5.75 Å². The first-order valence-corrected chi connectivity index (χ1v) is 11.7. The van der Waals surface area contributed by atoms with Crippen LogP contribution >= 0.6 is 0 Å². The van der Waals surface area contributed by atoms with Gasteiger partial charge in [0.05, 0.1) is 6.20 Å². The van der Waals surface area contributed by atoms with Crippen molar-refractivity contribution in [3.05, 3.63) is 78.1 Å². The molecule has 7 nitrogen and oxygen atoms in total. The summed E-state index contributed by atoms with van der Waals surface area (Å²) in [6.45, 7) is 1.33. The van der Waals surface area contributed by atoms with Gasteiger partial charge in [-0.05, 0) is 43.8 Å². The lowest BCUT2D eigenvalue weighted by Gasteiger charge is -2.22. The molecule has 0 aliphatic rings. The molecule has 1 unspecified atom stereocenters. The van der Waals surface area contributed by atoms with Gasteiger partial charge in [-0.15, -0.1) is 0 Å². The highest BCUT2D eigenvalue weighted by Crippen LogP contribution is 2.25. The van der Waals surface area contributed by atoms with E-state index in [0.29, 0.717) is 5.92 Å². The molecule has 1 heterocycles. The van der Waals surface area contributed by atoms with Gasteiger partial charge in [-0.3, -0.25) is 4.68 Å². The maximum atomic E-state index is 12.3. The lowest BCUT2D eigenvalue weighted by atomic mass is 9.91. The van der Waals surface area contributed by atoms with Crippen LogP contribution in [0.3, 0.4) is 0 Å². The zero-order valence-corrected chi connectivity index (χ0v) is 19.0. The van der Waals surface area contributed by atoms with Crippen LogP contribution in [0.4, 0.5) is 0 Å². The Kier molecular flexibility index (Phi) is 7.84. The normalized spacial score (nSPS) is 12.8. The highest BCUT2D eigenvalue weighted by atomic mass is 32.2. The van der Waals surface area contributed by atoms with Crippen LogP contribution in [-0.2, 0) is 23.5 Å². The summed E-state index contributed by atoms with van der Waals surface area (Å²) in [5.74, 6) is 1.06. The van der Waals surface area contributed by atoms with E-state index in [1.54, 1.807) is 7.05 Å². The van der Waals surface area contributed by atoms with Crippen molar-refractivity contribution in [1.29, 1.82) is 0 Å². The molecule has 31 heavy (non-hydrogen) atoms. The van der Waals surface area contributed by atoms with Gasteiger partial charge in [-0.1, -0.05) is 42.5 Å². The number of hydrogen-bond acceptors (Lipinski definition) is 5. The standard InChI is InChI=1S/C23H30N4O3S/c1-26(2)17-21(14-19-8-5-4-6-9-19)20-10-7-11-22(15-20)30-13-12-25-31(28,29)23-16-24-27(3)18-23/h4-11,15-16,18,21,25H,12-14,17H2,1-3H3. The average Bonchev–Trinajstić information content (AvgIpc) is 3.19. The number of sulfonamides is 1. The third kappa shape index (κ3) is 6.92. The van der Waals surface area contributed by atoms with Gasteiger partial charge in [-0.2, -0.15) is 5.10 Å². The molecule has 3 aromatic rings. The van der Waals surface area contributed by atoms with E-state index < -0.39 is 10.0 Å². The maximum Gasteiger partial charge on any atom is 0.243 e. The number of aromatic nitrogens is 2. The molecule has 0 saturated carbocycles. The number of likely N-dealkylation sites (N-methyl/N-ethyl adjacent to an activating group) is 1. The molecule has 3 rings (SSSR count). The fourth-order valence-electron chi connectivity index (χ4n) is 3.45. The van der Waals surface area contributed by atoms with Crippen molar-refractivity contribution in [1.82, 2.24) is 19.4 Å². The summed E-state index contributed by atoms with van der Waals surface area (Å²) in [4.78, 5) is 2.33. The van der Waals surface area contributed by atoms with E-state index in [2.05, 4.69) is 59.1 Å². The number of rotatable bonds is 11. The molecular weight excluding hydrogens is 412 g/mol. The summed E-state index contributed by atoms with van der Waals surface area (Å²) in [7, 11) is 2.25. The van der Waals surface area contributed by atoms with E-state index in [1.807, 2.05) is 24.3 Å². The zero-order chi connectivity index (χ0) is 22.3. The van der Waals surface area contributed by atoms with Gasteiger partial charge >= 0.3 is 0 Å². The molecule has 2 aromatic carbocycles. The fourth-order valence-corrected chi connectivity index (χ4v) is 4.45. The molecule has 0 spiro atoms. The molecule has 166 valence electrons. The van der Waals surface area contributed by atoms with Crippen LogP contribution in [-0.4, -0.2) is 56.9 Å². The Morgan fingerprint density at radius 3 is 2.58 bits per heavy atom. The molecule has 1 atom stereocenters. The molecule has 0 amide bonds. The highest BCUT2D eigenvalue weighted by Gasteiger charge is 2.16. The van der Waals surface area contributed by atoms with Crippen molar-refractivity contribution in [2.75, 3.05) is 33.8 Å². The summed E-state index contributed by atoms with van der Waals surface area (Å²) in [6, 6.07) is 18.5. The monoisotopic (exact) mass is 442 g/mol. The summed E-state index contributed by atoms with van der Waals surface area (Å²) in [5.41, 5.74) is 2.50. The summed E-state index contributed by atoms with van der Waals surface area (Å²) >= 11 is 0. The van der Waals surface area contributed by atoms with Crippen LogP contribution in [0.25, 0.3) is 0 Å². The van der Waals surface area contributed by atoms with Crippen molar-refractivity contribution in [3.63, 3.8) is 0 Å². The van der Waals surface area contributed by atoms with Crippen molar-refractivity contribution in [2.45, 2.75) is 17.2 Å². The minimum Gasteiger partial charge on any atom is -0.492 e. The third-order valence-electron chi connectivity index (χ3n) is 4.89. The van der Waals surface area contributed by atoms with Gasteiger partial charge in [-0.25, -0.2) is 13.1 Å². The zero-order valence-electron chi connectivity index (χ0n) is 18.2. The first kappa shape index (κ1) is 23.0. The van der Waals surface area contributed by atoms with Gasteiger partial charge < -0.3 is 9.64 Å². The molecule has 0 fully saturated rings. The quantitative estimate of drug-likeness (QED) is 0.462. The summed E-state index contributed by atoms with van der Waals surface area (Å²) < 4.78 is 34.3. The average molecular weight is 443 g/mol. The van der Waals surface area contributed by atoms with Crippen LogP contribution < -0.4 is 9.46 Å². The van der Waals surface area contributed by atoms with E-state index in [0.717, 1.165) is 18.7 Å². The highest BCUT2D eigenvalue weighted by molar-refractivity contribution is 7.89. The Balaban J connectivity index is 1.60. The second-order valence-corrected chi connectivity index (χ2v) is 9.58. The Morgan fingerprint density at radius 2 is 1.90 bits per heavy atom. The van der Waals surface area contributed by atoms with Gasteiger partial charge in [0.25, 0.3) is 0 Å². The molecule has 8 heteroatoms. The molecule has 0 saturated heterocycles. The first-order chi connectivity index (χ1) is 14.8. The van der Waals surface area contributed by atoms with E-state index in [-0.39, 0.29) is 18.0 Å². The number of nitrogens with one attached hydrogen (secondary N) is 1. The Bertz CT molecular complexity index is 1070. The largest absolute Gasteiger partial charge is 0.492 e. The lowest BCUT2D eigenvalue weighted by Crippen LogP contribution is -2.28. The van der Waals surface area contributed by atoms with E-state index in [9.17, 15) is 8.42 Å². The lowest BCUT2D eigenvalue weighted by molar-refractivity contribution is 0.321. The van der Waals surface area contributed by atoms with Crippen molar-refractivity contribution < 1.29 is 13.2 Å². The Hall–Kier alpha value is -2.68. The second kappa shape index (κ2) is 10.6. The molecule has 0 aliphatic heterocycles. The molecule has 0 radical (unpaired) electrons. The Morgan fingerprint density at radius 1 is 1.13 bits per heavy atom. The van der Waals surface area contributed by atoms with Crippen LogP contribution in [0.15, 0.2) is 71.9 Å².